The highest BCUT2D eigenvalue weighted by Crippen LogP contribution is 2.27. The van der Waals surface area contributed by atoms with Gasteiger partial charge in [0.05, 0.1) is 0 Å². The highest BCUT2D eigenvalue weighted by molar-refractivity contribution is 4.97. The van der Waals surface area contributed by atoms with Crippen LogP contribution >= 0.6 is 0 Å². The summed E-state index contributed by atoms with van der Waals surface area (Å²) in [4.78, 5) is 0. The van der Waals surface area contributed by atoms with Crippen molar-refractivity contribution >= 4 is 0 Å². The van der Waals surface area contributed by atoms with Gasteiger partial charge in [-0.15, -0.1) is 0 Å². The maximum absolute atomic E-state index is 4.23. The van der Waals surface area contributed by atoms with Crippen LogP contribution in [0.15, 0.2) is 12.2 Å². The Hall–Kier alpha value is -0.300. The van der Waals surface area contributed by atoms with Gasteiger partial charge in [-0.05, 0) is 56.4 Å². The second kappa shape index (κ2) is 6.58. The molecule has 0 aromatic rings. The molecule has 1 nitrogen and oxygen atoms in total. The fraction of sp³-hybridized carbons (Fsp3) is 0.875. The van der Waals surface area contributed by atoms with Crippen molar-refractivity contribution in [1.29, 1.82) is 0 Å². The molecule has 1 heterocycles. The van der Waals surface area contributed by atoms with E-state index >= 15 is 0 Å². The molecule has 0 saturated carbocycles. The first-order valence-corrected chi connectivity index (χ1v) is 7.27. The maximum Gasteiger partial charge on any atom is 0.00700 e. The third kappa shape index (κ3) is 6.88. The summed E-state index contributed by atoms with van der Waals surface area (Å²) in [6.07, 6.45) is 7.80. The van der Waals surface area contributed by atoms with Gasteiger partial charge in [0.25, 0.3) is 0 Å². The van der Waals surface area contributed by atoms with Gasteiger partial charge in [-0.2, -0.15) is 0 Å². The van der Waals surface area contributed by atoms with Crippen molar-refractivity contribution in [1.82, 2.24) is 5.32 Å². The van der Waals surface area contributed by atoms with E-state index in [4.69, 9.17) is 0 Å². The molecule has 0 aromatic carbocycles. The molecular weight excluding hydrogens is 206 g/mol. The largest absolute Gasteiger partial charge is 0.314 e. The lowest BCUT2D eigenvalue weighted by atomic mass is 9.85. The average molecular weight is 237 g/mol. The normalized spacial score (nSPS) is 22.7. The molecule has 0 aromatic heterocycles. The Bertz CT molecular complexity index is 230. The Morgan fingerprint density at radius 3 is 2.65 bits per heavy atom. The van der Waals surface area contributed by atoms with E-state index in [0.717, 1.165) is 12.0 Å². The minimum absolute atomic E-state index is 0.396. The molecule has 0 radical (unpaired) electrons. The topological polar surface area (TPSA) is 12.0 Å². The first-order valence-electron chi connectivity index (χ1n) is 7.27. The van der Waals surface area contributed by atoms with Crippen molar-refractivity contribution in [3.8, 4) is 0 Å². The van der Waals surface area contributed by atoms with Crippen molar-refractivity contribution in [2.75, 3.05) is 6.54 Å². The van der Waals surface area contributed by atoms with Crippen LogP contribution in [-0.4, -0.2) is 12.6 Å². The summed E-state index contributed by atoms with van der Waals surface area (Å²) in [5.74, 6) is 0.835. The molecule has 100 valence electrons. The number of nitrogens with one attached hydrogen (secondary N) is 1. The van der Waals surface area contributed by atoms with Gasteiger partial charge in [-0.1, -0.05) is 39.8 Å². The molecular formula is C16H31N. The molecule has 0 aliphatic carbocycles. The second-order valence-corrected chi connectivity index (χ2v) is 7.16. The molecule has 0 spiro atoms. The summed E-state index contributed by atoms with van der Waals surface area (Å²) in [5, 5.41) is 3.59. The molecule has 1 saturated heterocycles. The van der Waals surface area contributed by atoms with Crippen LogP contribution in [-0.2, 0) is 0 Å². The van der Waals surface area contributed by atoms with Crippen LogP contribution in [0.3, 0.4) is 0 Å². The van der Waals surface area contributed by atoms with Crippen LogP contribution in [0.5, 0.6) is 0 Å². The molecule has 1 aliphatic rings. The SMILES string of the molecule is C=C(CCC(C)CC1CCCN1)CC(C)(C)C. The lowest BCUT2D eigenvalue weighted by molar-refractivity contribution is 0.384. The van der Waals surface area contributed by atoms with Gasteiger partial charge >= 0.3 is 0 Å². The number of hydrogen-bond donors (Lipinski definition) is 1. The number of hydrogen-bond acceptors (Lipinski definition) is 1. The molecule has 17 heavy (non-hydrogen) atoms. The summed E-state index contributed by atoms with van der Waals surface area (Å²) in [6, 6.07) is 0.792. The molecule has 1 N–H and O–H groups in total. The van der Waals surface area contributed by atoms with Gasteiger partial charge in [-0.25, -0.2) is 0 Å². The Balaban J connectivity index is 2.14. The van der Waals surface area contributed by atoms with Crippen molar-refractivity contribution < 1.29 is 0 Å². The van der Waals surface area contributed by atoms with E-state index in [2.05, 4.69) is 39.6 Å². The quantitative estimate of drug-likeness (QED) is 0.669. The zero-order valence-corrected chi connectivity index (χ0v) is 12.3. The van der Waals surface area contributed by atoms with Gasteiger partial charge < -0.3 is 5.32 Å². The molecule has 1 fully saturated rings. The van der Waals surface area contributed by atoms with Crippen molar-refractivity contribution in [3.05, 3.63) is 12.2 Å². The van der Waals surface area contributed by atoms with Crippen LogP contribution in [0.1, 0.15) is 66.2 Å². The van der Waals surface area contributed by atoms with Gasteiger partial charge in [0, 0.05) is 6.04 Å². The fourth-order valence-corrected chi connectivity index (χ4v) is 2.85. The Morgan fingerprint density at radius 1 is 1.41 bits per heavy atom. The van der Waals surface area contributed by atoms with E-state index in [1.165, 1.54) is 50.6 Å². The smallest absolute Gasteiger partial charge is 0.00700 e. The van der Waals surface area contributed by atoms with Gasteiger partial charge in [0.2, 0.25) is 0 Å². The van der Waals surface area contributed by atoms with E-state index in [-0.39, 0.29) is 0 Å². The number of allylic oxidation sites excluding steroid dienone is 1. The highest BCUT2D eigenvalue weighted by atomic mass is 14.9. The van der Waals surface area contributed by atoms with Gasteiger partial charge in [-0.3, -0.25) is 0 Å². The van der Waals surface area contributed by atoms with E-state index in [1.807, 2.05) is 0 Å². The van der Waals surface area contributed by atoms with Crippen LogP contribution in [0.4, 0.5) is 0 Å². The molecule has 1 heteroatoms. The van der Waals surface area contributed by atoms with Crippen LogP contribution < -0.4 is 5.32 Å². The molecule has 1 aliphatic heterocycles. The summed E-state index contributed by atoms with van der Waals surface area (Å²) in [6.45, 7) is 14.7. The monoisotopic (exact) mass is 237 g/mol. The zero-order chi connectivity index (χ0) is 12.9. The molecule has 2 atom stereocenters. The summed E-state index contributed by atoms with van der Waals surface area (Å²) in [7, 11) is 0. The Kier molecular flexibility index (Phi) is 5.72. The molecule has 0 amide bonds. The van der Waals surface area contributed by atoms with Crippen LogP contribution in [0, 0.1) is 11.3 Å². The third-order valence-corrected chi connectivity index (χ3v) is 3.62. The summed E-state index contributed by atoms with van der Waals surface area (Å²) >= 11 is 0. The van der Waals surface area contributed by atoms with Gasteiger partial charge in [0.15, 0.2) is 0 Å². The van der Waals surface area contributed by atoms with Crippen molar-refractivity contribution in [2.45, 2.75) is 72.3 Å². The predicted molar refractivity (Wildman–Crippen MR) is 77.3 cm³/mol. The molecule has 1 rings (SSSR count). The van der Waals surface area contributed by atoms with E-state index in [0.29, 0.717) is 5.41 Å². The average Bonchev–Trinajstić information content (AvgIpc) is 2.64. The van der Waals surface area contributed by atoms with Crippen molar-refractivity contribution in [3.63, 3.8) is 0 Å². The third-order valence-electron chi connectivity index (χ3n) is 3.62. The highest BCUT2D eigenvalue weighted by Gasteiger charge is 2.17. The summed E-state index contributed by atoms with van der Waals surface area (Å²) < 4.78 is 0. The lowest BCUT2D eigenvalue weighted by Gasteiger charge is -2.21. The van der Waals surface area contributed by atoms with Crippen LogP contribution in [0.2, 0.25) is 0 Å². The summed E-state index contributed by atoms with van der Waals surface area (Å²) in [5.41, 5.74) is 1.83. The Morgan fingerprint density at radius 2 is 2.12 bits per heavy atom. The van der Waals surface area contributed by atoms with Crippen LogP contribution in [0.25, 0.3) is 0 Å². The lowest BCUT2D eigenvalue weighted by Crippen LogP contribution is -2.23. The second-order valence-electron chi connectivity index (χ2n) is 7.16. The minimum Gasteiger partial charge on any atom is -0.314 e. The molecule has 2 unspecified atom stereocenters. The fourth-order valence-electron chi connectivity index (χ4n) is 2.85. The predicted octanol–water partition coefficient (Wildman–Crippen LogP) is 4.54. The maximum atomic E-state index is 4.23. The zero-order valence-electron chi connectivity index (χ0n) is 12.3. The van der Waals surface area contributed by atoms with E-state index in [9.17, 15) is 0 Å². The van der Waals surface area contributed by atoms with E-state index in [1.54, 1.807) is 0 Å². The van der Waals surface area contributed by atoms with E-state index < -0.39 is 0 Å². The standard InChI is InChI=1S/C16H31N/c1-13(11-15-7-6-10-17-15)8-9-14(2)12-16(3,4)5/h13,15,17H,2,6-12H2,1,3-5H3. The van der Waals surface area contributed by atoms with Crippen molar-refractivity contribution in [2.24, 2.45) is 11.3 Å². The molecule has 0 bridgehead atoms. The van der Waals surface area contributed by atoms with Gasteiger partial charge in [0.1, 0.15) is 0 Å². The first-order chi connectivity index (χ1) is 7.87. The Labute approximate surface area is 108 Å². The minimum atomic E-state index is 0.396. The number of rotatable bonds is 6. The first kappa shape index (κ1) is 14.8.